The molecular weight excluding hydrogens is 246 g/mol. The van der Waals surface area contributed by atoms with E-state index in [1.165, 1.54) is 23.1 Å². The maximum atomic E-state index is 10.9. The Morgan fingerprint density at radius 3 is 2.71 bits per heavy atom. The SMILES string of the molecule is O=CN(CCCC(=O)O)c1ccc(O)c(Cl)c1. The van der Waals surface area contributed by atoms with Crippen LogP contribution in [0.5, 0.6) is 5.75 Å². The van der Waals surface area contributed by atoms with E-state index in [1.807, 2.05) is 0 Å². The van der Waals surface area contributed by atoms with Gasteiger partial charge in [-0.3, -0.25) is 9.59 Å². The molecule has 0 bridgehead atoms. The summed E-state index contributed by atoms with van der Waals surface area (Å²) in [6.45, 7) is 0.289. The molecule has 0 saturated heterocycles. The first kappa shape index (κ1) is 13.3. The molecule has 0 aliphatic heterocycles. The standard InChI is InChI=1S/C11H12ClNO4/c12-9-6-8(3-4-10(9)15)13(7-14)5-1-2-11(16)17/h3-4,6-7,15H,1-2,5H2,(H,16,17). The monoisotopic (exact) mass is 257 g/mol. The van der Waals surface area contributed by atoms with Crippen molar-refractivity contribution in [1.29, 1.82) is 0 Å². The van der Waals surface area contributed by atoms with Gasteiger partial charge in [-0.25, -0.2) is 0 Å². The van der Waals surface area contributed by atoms with Crippen LogP contribution in [-0.2, 0) is 9.59 Å². The number of aliphatic carboxylic acids is 1. The van der Waals surface area contributed by atoms with E-state index in [2.05, 4.69) is 0 Å². The van der Waals surface area contributed by atoms with Crippen molar-refractivity contribution in [2.45, 2.75) is 12.8 Å². The van der Waals surface area contributed by atoms with Crippen LogP contribution in [0.2, 0.25) is 5.02 Å². The number of phenolic OH excluding ortho intramolecular Hbond substituents is 1. The molecule has 1 rings (SSSR count). The summed E-state index contributed by atoms with van der Waals surface area (Å²) in [5, 5.41) is 17.9. The average molecular weight is 258 g/mol. The number of carboxylic acids is 1. The minimum absolute atomic E-state index is 0.00381. The maximum absolute atomic E-state index is 10.9. The lowest BCUT2D eigenvalue weighted by Crippen LogP contribution is -2.22. The highest BCUT2D eigenvalue weighted by Crippen LogP contribution is 2.27. The summed E-state index contributed by atoms with van der Waals surface area (Å²) in [4.78, 5) is 22.5. The van der Waals surface area contributed by atoms with Crippen molar-refractivity contribution in [2.24, 2.45) is 0 Å². The van der Waals surface area contributed by atoms with Gasteiger partial charge in [0.05, 0.1) is 5.02 Å². The molecule has 0 fully saturated rings. The number of rotatable bonds is 6. The Labute approximate surface area is 103 Å². The van der Waals surface area contributed by atoms with E-state index in [4.69, 9.17) is 16.7 Å². The fourth-order valence-corrected chi connectivity index (χ4v) is 1.49. The highest BCUT2D eigenvalue weighted by molar-refractivity contribution is 6.32. The Bertz CT molecular complexity index is 422. The second-order valence-electron chi connectivity index (χ2n) is 3.43. The van der Waals surface area contributed by atoms with E-state index < -0.39 is 5.97 Å². The Hall–Kier alpha value is -1.75. The van der Waals surface area contributed by atoms with Gasteiger partial charge in [0.25, 0.3) is 0 Å². The summed E-state index contributed by atoms with van der Waals surface area (Å²) < 4.78 is 0. The number of aromatic hydroxyl groups is 1. The predicted octanol–water partition coefficient (Wildman–Crippen LogP) is 1.87. The summed E-state index contributed by atoms with van der Waals surface area (Å²) in [5.74, 6) is -0.966. The van der Waals surface area contributed by atoms with E-state index in [1.54, 1.807) is 0 Å². The second kappa shape index (κ2) is 6.10. The Morgan fingerprint density at radius 2 is 2.18 bits per heavy atom. The van der Waals surface area contributed by atoms with Gasteiger partial charge in [-0.05, 0) is 24.6 Å². The van der Waals surface area contributed by atoms with Gasteiger partial charge in [0.2, 0.25) is 6.41 Å². The Morgan fingerprint density at radius 1 is 1.47 bits per heavy atom. The van der Waals surface area contributed by atoms with Crippen LogP contribution in [0, 0.1) is 0 Å². The molecule has 0 atom stereocenters. The smallest absolute Gasteiger partial charge is 0.303 e. The first-order valence-corrected chi connectivity index (χ1v) is 5.34. The topological polar surface area (TPSA) is 77.8 Å². The van der Waals surface area contributed by atoms with Crippen LogP contribution in [0.3, 0.4) is 0 Å². The van der Waals surface area contributed by atoms with Crippen molar-refractivity contribution >= 4 is 29.7 Å². The molecule has 0 saturated carbocycles. The zero-order valence-electron chi connectivity index (χ0n) is 8.97. The molecule has 0 aliphatic carbocycles. The first-order valence-electron chi connectivity index (χ1n) is 4.97. The van der Waals surface area contributed by atoms with E-state index >= 15 is 0 Å². The van der Waals surface area contributed by atoms with E-state index in [0.717, 1.165) is 0 Å². The fraction of sp³-hybridized carbons (Fsp3) is 0.273. The summed E-state index contributed by atoms with van der Waals surface area (Å²) in [7, 11) is 0. The zero-order chi connectivity index (χ0) is 12.8. The molecule has 0 radical (unpaired) electrons. The summed E-state index contributed by atoms with van der Waals surface area (Å²) in [5.41, 5.74) is 0.521. The van der Waals surface area contributed by atoms with Gasteiger partial charge in [-0.1, -0.05) is 11.6 Å². The van der Waals surface area contributed by atoms with Crippen molar-refractivity contribution in [3.63, 3.8) is 0 Å². The molecule has 0 unspecified atom stereocenters. The number of anilines is 1. The number of carbonyl (C=O) groups excluding carboxylic acids is 1. The number of carboxylic acid groups (broad SMARTS) is 1. The fourth-order valence-electron chi connectivity index (χ4n) is 1.32. The van der Waals surface area contributed by atoms with Crippen LogP contribution >= 0.6 is 11.6 Å². The van der Waals surface area contributed by atoms with Crippen LogP contribution in [0.25, 0.3) is 0 Å². The maximum Gasteiger partial charge on any atom is 0.303 e. The van der Waals surface area contributed by atoms with Gasteiger partial charge in [0, 0.05) is 18.7 Å². The lowest BCUT2D eigenvalue weighted by molar-refractivity contribution is -0.137. The van der Waals surface area contributed by atoms with Crippen LogP contribution < -0.4 is 4.90 Å². The number of benzene rings is 1. The van der Waals surface area contributed by atoms with Crippen molar-refractivity contribution < 1.29 is 19.8 Å². The number of carbonyl (C=O) groups is 2. The van der Waals surface area contributed by atoms with Crippen LogP contribution in [0.1, 0.15) is 12.8 Å². The number of nitrogens with zero attached hydrogens (tertiary/aromatic N) is 1. The molecule has 1 aromatic carbocycles. The molecule has 0 aliphatic rings. The average Bonchev–Trinajstić information content (AvgIpc) is 2.28. The van der Waals surface area contributed by atoms with Crippen LogP contribution in [0.15, 0.2) is 18.2 Å². The Balaban J connectivity index is 2.69. The highest BCUT2D eigenvalue weighted by atomic mass is 35.5. The van der Waals surface area contributed by atoms with Gasteiger partial charge < -0.3 is 15.1 Å². The lowest BCUT2D eigenvalue weighted by atomic mass is 10.2. The predicted molar refractivity (Wildman–Crippen MR) is 63.4 cm³/mol. The number of amides is 1. The number of hydrogen-bond donors (Lipinski definition) is 2. The summed E-state index contributed by atoms with van der Waals surface area (Å²) in [6.07, 6.45) is 0.952. The molecule has 5 nitrogen and oxygen atoms in total. The third kappa shape index (κ3) is 3.96. The molecule has 0 spiro atoms. The summed E-state index contributed by atoms with van der Waals surface area (Å²) >= 11 is 5.71. The highest BCUT2D eigenvalue weighted by Gasteiger charge is 2.08. The molecule has 17 heavy (non-hydrogen) atoms. The minimum atomic E-state index is -0.903. The Kier molecular flexibility index (Phi) is 4.78. The summed E-state index contributed by atoms with van der Waals surface area (Å²) in [6, 6.07) is 4.37. The van der Waals surface area contributed by atoms with Crippen molar-refractivity contribution in [3.05, 3.63) is 23.2 Å². The van der Waals surface area contributed by atoms with Gasteiger partial charge in [-0.2, -0.15) is 0 Å². The molecular formula is C11H12ClNO4. The van der Waals surface area contributed by atoms with Gasteiger partial charge >= 0.3 is 5.97 Å². The molecule has 92 valence electrons. The molecule has 0 aromatic heterocycles. The number of phenols is 1. The van der Waals surface area contributed by atoms with E-state index in [-0.39, 0.29) is 23.7 Å². The van der Waals surface area contributed by atoms with Crippen molar-refractivity contribution in [2.75, 3.05) is 11.4 Å². The van der Waals surface area contributed by atoms with Crippen molar-refractivity contribution in [1.82, 2.24) is 0 Å². The number of hydrogen-bond acceptors (Lipinski definition) is 3. The third-order valence-corrected chi connectivity index (χ3v) is 2.48. The van der Waals surface area contributed by atoms with Gasteiger partial charge in [0.1, 0.15) is 5.75 Å². The van der Waals surface area contributed by atoms with Gasteiger partial charge in [-0.15, -0.1) is 0 Å². The molecule has 0 heterocycles. The van der Waals surface area contributed by atoms with Crippen LogP contribution in [-0.4, -0.2) is 29.1 Å². The van der Waals surface area contributed by atoms with Gasteiger partial charge in [0.15, 0.2) is 0 Å². The quantitative estimate of drug-likeness (QED) is 0.763. The molecule has 6 heteroatoms. The lowest BCUT2D eigenvalue weighted by Gasteiger charge is -2.17. The molecule has 1 amide bonds. The third-order valence-electron chi connectivity index (χ3n) is 2.18. The van der Waals surface area contributed by atoms with E-state index in [9.17, 15) is 14.7 Å². The second-order valence-corrected chi connectivity index (χ2v) is 3.84. The minimum Gasteiger partial charge on any atom is -0.506 e. The molecule has 2 N–H and O–H groups in total. The normalized spacial score (nSPS) is 9.94. The first-order chi connectivity index (χ1) is 8.04. The number of halogens is 1. The van der Waals surface area contributed by atoms with Crippen LogP contribution in [0.4, 0.5) is 5.69 Å². The van der Waals surface area contributed by atoms with E-state index in [0.29, 0.717) is 18.5 Å². The molecule has 1 aromatic rings. The van der Waals surface area contributed by atoms with Crippen molar-refractivity contribution in [3.8, 4) is 5.75 Å². The largest absolute Gasteiger partial charge is 0.506 e. The zero-order valence-corrected chi connectivity index (χ0v) is 9.72.